The molecule has 0 saturated heterocycles. The molecule has 0 bridgehead atoms. The average molecular weight is 283 g/mol. The molecule has 0 heterocycles. The molecule has 2 atom stereocenters. The van der Waals surface area contributed by atoms with Crippen LogP contribution >= 0.6 is 0 Å². The predicted octanol–water partition coefficient (Wildman–Crippen LogP) is 5.97. The third-order valence-corrected chi connectivity index (χ3v) is 4.34. The molecule has 0 amide bonds. The maximum absolute atomic E-state index is 8.83. The molecule has 1 N–H and O–H groups in total. The van der Waals surface area contributed by atoms with Crippen molar-refractivity contribution in [2.75, 3.05) is 6.61 Å². The van der Waals surface area contributed by atoms with Crippen molar-refractivity contribution in [3.05, 3.63) is 11.6 Å². The molecule has 0 spiro atoms. The SMILES string of the molecule is C/C(=C\CO)CCC(C)CCCC(C)CCCC(C)C. The second-order valence-electron chi connectivity index (χ2n) is 7.24. The first kappa shape index (κ1) is 19.7. The lowest BCUT2D eigenvalue weighted by molar-refractivity contribution is 0.341. The van der Waals surface area contributed by atoms with E-state index in [9.17, 15) is 0 Å². The minimum absolute atomic E-state index is 0.189. The molecular formula is C19H38O. The Morgan fingerprint density at radius 1 is 0.850 bits per heavy atom. The molecule has 2 unspecified atom stereocenters. The van der Waals surface area contributed by atoms with Crippen molar-refractivity contribution in [3.8, 4) is 0 Å². The minimum Gasteiger partial charge on any atom is -0.392 e. The van der Waals surface area contributed by atoms with E-state index in [0.717, 1.165) is 24.2 Å². The van der Waals surface area contributed by atoms with Crippen LogP contribution in [-0.4, -0.2) is 11.7 Å². The Hall–Kier alpha value is -0.300. The molecule has 0 fully saturated rings. The van der Waals surface area contributed by atoms with Crippen LogP contribution in [0.3, 0.4) is 0 Å². The number of rotatable bonds is 12. The Labute approximate surface area is 127 Å². The van der Waals surface area contributed by atoms with E-state index in [1.165, 1.54) is 50.5 Å². The molecule has 0 saturated carbocycles. The van der Waals surface area contributed by atoms with Crippen molar-refractivity contribution < 1.29 is 5.11 Å². The first-order chi connectivity index (χ1) is 9.45. The highest BCUT2D eigenvalue weighted by Crippen LogP contribution is 2.21. The number of hydrogen-bond acceptors (Lipinski definition) is 1. The molecule has 0 aliphatic rings. The standard InChI is InChI=1S/C19H38O/c1-16(2)8-6-9-17(3)10-7-11-18(4)12-13-19(5)14-15-20/h14,16-18,20H,6-13,15H2,1-5H3/b19-14+. The second-order valence-corrected chi connectivity index (χ2v) is 7.24. The van der Waals surface area contributed by atoms with Gasteiger partial charge in [0.05, 0.1) is 6.61 Å². The van der Waals surface area contributed by atoms with Gasteiger partial charge in [-0.05, 0) is 37.5 Å². The Balaban J connectivity index is 3.55. The van der Waals surface area contributed by atoms with Gasteiger partial charge in [0.2, 0.25) is 0 Å². The van der Waals surface area contributed by atoms with Crippen molar-refractivity contribution in [3.63, 3.8) is 0 Å². The zero-order valence-corrected chi connectivity index (χ0v) is 14.6. The van der Waals surface area contributed by atoms with Crippen LogP contribution in [0, 0.1) is 17.8 Å². The molecule has 0 aliphatic carbocycles. The number of hydrogen-bond donors (Lipinski definition) is 1. The molecule has 0 aromatic heterocycles. The number of aliphatic hydroxyl groups excluding tert-OH is 1. The van der Waals surface area contributed by atoms with Gasteiger partial charge < -0.3 is 5.11 Å². The lowest BCUT2D eigenvalue weighted by Crippen LogP contribution is -2.00. The van der Waals surface area contributed by atoms with Crippen LogP contribution < -0.4 is 0 Å². The Bertz CT molecular complexity index is 242. The van der Waals surface area contributed by atoms with Crippen molar-refractivity contribution in [1.82, 2.24) is 0 Å². The third-order valence-electron chi connectivity index (χ3n) is 4.34. The van der Waals surface area contributed by atoms with E-state index < -0.39 is 0 Å². The van der Waals surface area contributed by atoms with Gasteiger partial charge >= 0.3 is 0 Å². The molecule has 0 radical (unpaired) electrons. The summed E-state index contributed by atoms with van der Waals surface area (Å²) in [6, 6.07) is 0. The molecule has 0 aliphatic heterocycles. The summed E-state index contributed by atoms with van der Waals surface area (Å²) in [4.78, 5) is 0. The van der Waals surface area contributed by atoms with Gasteiger partial charge in [-0.15, -0.1) is 0 Å². The van der Waals surface area contributed by atoms with Crippen molar-refractivity contribution in [2.24, 2.45) is 17.8 Å². The maximum Gasteiger partial charge on any atom is 0.0614 e. The molecule has 0 aromatic rings. The number of allylic oxidation sites excluding steroid dienone is 1. The molecule has 1 nitrogen and oxygen atoms in total. The zero-order valence-electron chi connectivity index (χ0n) is 14.6. The van der Waals surface area contributed by atoms with E-state index in [2.05, 4.69) is 34.6 Å². The Morgan fingerprint density at radius 2 is 1.35 bits per heavy atom. The third kappa shape index (κ3) is 12.7. The summed E-state index contributed by atoms with van der Waals surface area (Å²) in [6.07, 6.45) is 12.7. The van der Waals surface area contributed by atoms with Gasteiger partial charge in [-0.1, -0.05) is 77.9 Å². The number of aliphatic hydroxyl groups is 1. The van der Waals surface area contributed by atoms with Gasteiger partial charge in [-0.2, -0.15) is 0 Å². The van der Waals surface area contributed by atoms with Crippen molar-refractivity contribution >= 4 is 0 Å². The fraction of sp³-hybridized carbons (Fsp3) is 0.895. The van der Waals surface area contributed by atoms with E-state index in [0.29, 0.717) is 0 Å². The normalized spacial score (nSPS) is 15.7. The van der Waals surface area contributed by atoms with E-state index in [1.54, 1.807) is 0 Å². The first-order valence-corrected chi connectivity index (χ1v) is 8.72. The maximum atomic E-state index is 8.83. The monoisotopic (exact) mass is 282 g/mol. The molecule has 0 aromatic carbocycles. The van der Waals surface area contributed by atoms with Crippen LogP contribution in [0.5, 0.6) is 0 Å². The van der Waals surface area contributed by atoms with Crippen molar-refractivity contribution in [2.45, 2.75) is 86.0 Å². The zero-order chi connectivity index (χ0) is 15.4. The molecule has 20 heavy (non-hydrogen) atoms. The van der Waals surface area contributed by atoms with Gasteiger partial charge in [-0.25, -0.2) is 0 Å². The summed E-state index contributed by atoms with van der Waals surface area (Å²) in [7, 11) is 0. The molecule has 1 heteroatoms. The highest BCUT2D eigenvalue weighted by atomic mass is 16.2. The quantitative estimate of drug-likeness (QED) is 0.437. The molecule has 0 rings (SSSR count). The topological polar surface area (TPSA) is 20.2 Å². The van der Waals surface area contributed by atoms with E-state index in [1.807, 2.05) is 6.08 Å². The Morgan fingerprint density at radius 3 is 1.85 bits per heavy atom. The average Bonchev–Trinajstić information content (AvgIpc) is 2.36. The lowest BCUT2D eigenvalue weighted by atomic mass is 9.91. The lowest BCUT2D eigenvalue weighted by Gasteiger charge is -2.15. The second kappa shape index (κ2) is 12.4. The summed E-state index contributed by atoms with van der Waals surface area (Å²) < 4.78 is 0. The van der Waals surface area contributed by atoms with Crippen LogP contribution in [-0.2, 0) is 0 Å². The fourth-order valence-corrected chi connectivity index (χ4v) is 2.71. The summed E-state index contributed by atoms with van der Waals surface area (Å²) >= 11 is 0. The highest BCUT2D eigenvalue weighted by Gasteiger charge is 2.06. The highest BCUT2D eigenvalue weighted by molar-refractivity contribution is 4.97. The van der Waals surface area contributed by atoms with E-state index in [4.69, 9.17) is 5.11 Å². The predicted molar refractivity (Wildman–Crippen MR) is 90.9 cm³/mol. The van der Waals surface area contributed by atoms with Gasteiger partial charge in [-0.3, -0.25) is 0 Å². The van der Waals surface area contributed by atoms with Crippen LogP contribution in [0.15, 0.2) is 11.6 Å². The summed E-state index contributed by atoms with van der Waals surface area (Å²) in [5.74, 6) is 2.58. The van der Waals surface area contributed by atoms with Gasteiger partial charge in [0, 0.05) is 0 Å². The van der Waals surface area contributed by atoms with Crippen LogP contribution in [0.2, 0.25) is 0 Å². The largest absolute Gasteiger partial charge is 0.392 e. The Kier molecular flexibility index (Phi) is 12.3. The van der Waals surface area contributed by atoms with Crippen LogP contribution in [0.25, 0.3) is 0 Å². The molecular weight excluding hydrogens is 244 g/mol. The fourth-order valence-electron chi connectivity index (χ4n) is 2.71. The minimum atomic E-state index is 0.189. The summed E-state index contributed by atoms with van der Waals surface area (Å²) in [5.41, 5.74) is 1.33. The van der Waals surface area contributed by atoms with Crippen LogP contribution in [0.1, 0.15) is 86.0 Å². The van der Waals surface area contributed by atoms with Crippen molar-refractivity contribution in [1.29, 1.82) is 0 Å². The van der Waals surface area contributed by atoms with E-state index in [-0.39, 0.29) is 6.61 Å². The van der Waals surface area contributed by atoms with Gasteiger partial charge in [0.25, 0.3) is 0 Å². The first-order valence-electron chi connectivity index (χ1n) is 8.72. The smallest absolute Gasteiger partial charge is 0.0614 e. The van der Waals surface area contributed by atoms with Gasteiger partial charge in [0.15, 0.2) is 0 Å². The van der Waals surface area contributed by atoms with Gasteiger partial charge in [0.1, 0.15) is 0 Å². The van der Waals surface area contributed by atoms with E-state index >= 15 is 0 Å². The summed E-state index contributed by atoms with van der Waals surface area (Å²) in [5, 5.41) is 8.83. The summed E-state index contributed by atoms with van der Waals surface area (Å²) in [6.45, 7) is 11.7. The molecule has 120 valence electrons. The van der Waals surface area contributed by atoms with Crippen LogP contribution in [0.4, 0.5) is 0 Å².